The second kappa shape index (κ2) is 11.5. The van der Waals surface area contributed by atoms with Gasteiger partial charge < -0.3 is 19.3 Å². The number of para-hydroxylation sites is 1. The van der Waals surface area contributed by atoms with Gasteiger partial charge in [0.15, 0.2) is 0 Å². The standard InChI is InChI=1S/C25H34N2O4S/c1-18(2)25(29)26(12-7-14-30-4)16-24(28)27-13-10-23-20(11-15-32-23)21(27)17-31-22-9-6-5-8-19(22)3/h5-6,8-9,11,15,18,21H,7,10,12-14,16-17H2,1-4H3/t21-/m0/s1. The molecule has 3 rings (SSSR count). The smallest absolute Gasteiger partial charge is 0.242 e. The van der Waals surface area contributed by atoms with E-state index in [-0.39, 0.29) is 30.3 Å². The van der Waals surface area contributed by atoms with Gasteiger partial charge in [0.1, 0.15) is 12.4 Å². The van der Waals surface area contributed by atoms with Crippen LogP contribution in [0.4, 0.5) is 0 Å². The van der Waals surface area contributed by atoms with Gasteiger partial charge in [0.25, 0.3) is 0 Å². The van der Waals surface area contributed by atoms with Crippen molar-refractivity contribution in [2.45, 2.75) is 39.7 Å². The number of rotatable bonds is 10. The van der Waals surface area contributed by atoms with Crippen LogP contribution < -0.4 is 4.74 Å². The number of fused-ring (bicyclic) bond motifs is 1. The minimum atomic E-state index is -0.160. The Bertz CT molecular complexity index is 911. The number of hydrogen-bond donors (Lipinski definition) is 0. The highest BCUT2D eigenvalue weighted by Crippen LogP contribution is 2.34. The Morgan fingerprint density at radius 1 is 1.25 bits per heavy atom. The maximum Gasteiger partial charge on any atom is 0.242 e. The van der Waals surface area contributed by atoms with Crippen LogP contribution in [0, 0.1) is 12.8 Å². The summed E-state index contributed by atoms with van der Waals surface area (Å²) in [5.74, 6) is 0.635. The molecule has 0 radical (unpaired) electrons. The summed E-state index contributed by atoms with van der Waals surface area (Å²) in [5.41, 5.74) is 2.22. The number of benzene rings is 1. The molecule has 1 aromatic carbocycles. The van der Waals surface area contributed by atoms with Crippen LogP contribution in [-0.4, -0.2) is 61.6 Å². The van der Waals surface area contributed by atoms with E-state index in [2.05, 4.69) is 11.4 Å². The van der Waals surface area contributed by atoms with Gasteiger partial charge in [0.2, 0.25) is 11.8 Å². The molecule has 2 amide bonds. The quantitative estimate of drug-likeness (QED) is 0.504. The van der Waals surface area contributed by atoms with Crippen LogP contribution in [0.5, 0.6) is 5.75 Å². The zero-order chi connectivity index (χ0) is 23.1. The zero-order valence-electron chi connectivity index (χ0n) is 19.5. The predicted octanol–water partition coefficient (Wildman–Crippen LogP) is 4.08. The Balaban J connectivity index is 1.76. The molecule has 1 aromatic heterocycles. The summed E-state index contributed by atoms with van der Waals surface area (Å²) in [5, 5.41) is 2.08. The molecule has 1 aliphatic heterocycles. The van der Waals surface area contributed by atoms with Crippen LogP contribution in [-0.2, 0) is 20.7 Å². The molecule has 0 saturated carbocycles. The lowest BCUT2D eigenvalue weighted by Gasteiger charge is -2.37. The molecular formula is C25H34N2O4S. The lowest BCUT2D eigenvalue weighted by molar-refractivity contribution is -0.144. The van der Waals surface area contributed by atoms with Crippen molar-refractivity contribution in [3.05, 3.63) is 51.7 Å². The summed E-state index contributed by atoms with van der Waals surface area (Å²) < 4.78 is 11.3. The van der Waals surface area contributed by atoms with Gasteiger partial charge >= 0.3 is 0 Å². The van der Waals surface area contributed by atoms with Crippen molar-refractivity contribution < 1.29 is 19.1 Å². The van der Waals surface area contributed by atoms with E-state index in [1.54, 1.807) is 23.3 Å². The third-order valence-corrected chi connectivity index (χ3v) is 6.81. The number of methoxy groups -OCH3 is 1. The molecule has 2 aromatic rings. The highest BCUT2D eigenvalue weighted by Gasteiger charge is 2.33. The van der Waals surface area contributed by atoms with E-state index in [0.717, 1.165) is 23.3 Å². The van der Waals surface area contributed by atoms with Gasteiger partial charge in [0, 0.05) is 37.6 Å². The number of carbonyl (C=O) groups is 2. The molecule has 32 heavy (non-hydrogen) atoms. The molecule has 0 bridgehead atoms. The average molecular weight is 459 g/mol. The van der Waals surface area contributed by atoms with Gasteiger partial charge in [-0.2, -0.15) is 0 Å². The number of carbonyl (C=O) groups excluding carboxylic acids is 2. The van der Waals surface area contributed by atoms with Gasteiger partial charge in [0.05, 0.1) is 12.6 Å². The molecule has 6 nitrogen and oxygen atoms in total. The summed E-state index contributed by atoms with van der Waals surface area (Å²) >= 11 is 1.73. The van der Waals surface area contributed by atoms with Crippen LogP contribution >= 0.6 is 11.3 Å². The number of ether oxygens (including phenoxy) is 2. The molecule has 0 unspecified atom stereocenters. The first-order valence-electron chi connectivity index (χ1n) is 11.2. The summed E-state index contributed by atoms with van der Waals surface area (Å²) in [7, 11) is 1.64. The maximum absolute atomic E-state index is 13.4. The first kappa shape index (κ1) is 24.3. The Kier molecular flexibility index (Phi) is 8.70. The Morgan fingerprint density at radius 2 is 2.03 bits per heavy atom. The summed E-state index contributed by atoms with van der Waals surface area (Å²) in [6, 6.07) is 9.85. The molecule has 0 spiro atoms. The molecule has 174 valence electrons. The number of thiophene rings is 1. The van der Waals surface area contributed by atoms with Gasteiger partial charge in [-0.05, 0) is 48.4 Å². The van der Waals surface area contributed by atoms with E-state index in [1.807, 2.05) is 49.9 Å². The van der Waals surface area contributed by atoms with E-state index in [4.69, 9.17) is 9.47 Å². The van der Waals surface area contributed by atoms with E-state index < -0.39 is 0 Å². The Hall–Kier alpha value is -2.38. The molecule has 0 N–H and O–H groups in total. The largest absolute Gasteiger partial charge is 0.491 e. The van der Waals surface area contributed by atoms with Gasteiger partial charge in [-0.1, -0.05) is 32.0 Å². The highest BCUT2D eigenvalue weighted by molar-refractivity contribution is 7.10. The number of aryl methyl sites for hydroxylation is 1. The van der Waals surface area contributed by atoms with Gasteiger partial charge in [-0.25, -0.2) is 0 Å². The minimum Gasteiger partial charge on any atom is -0.491 e. The Morgan fingerprint density at radius 3 is 2.75 bits per heavy atom. The fourth-order valence-corrected chi connectivity index (χ4v) is 4.98. The third kappa shape index (κ3) is 5.90. The zero-order valence-corrected chi connectivity index (χ0v) is 20.3. The molecule has 0 aliphatic carbocycles. The van der Waals surface area contributed by atoms with Gasteiger partial charge in [-0.3, -0.25) is 9.59 Å². The highest BCUT2D eigenvalue weighted by atomic mass is 32.1. The summed E-state index contributed by atoms with van der Waals surface area (Å²) in [6.07, 6.45) is 1.54. The van der Waals surface area contributed by atoms with Crippen molar-refractivity contribution in [2.24, 2.45) is 5.92 Å². The fraction of sp³-hybridized carbons (Fsp3) is 0.520. The van der Waals surface area contributed by atoms with Crippen LogP contribution in [0.3, 0.4) is 0 Å². The van der Waals surface area contributed by atoms with Crippen LogP contribution in [0.1, 0.15) is 42.3 Å². The van der Waals surface area contributed by atoms with Crippen molar-refractivity contribution in [1.82, 2.24) is 9.80 Å². The van der Waals surface area contributed by atoms with Gasteiger partial charge in [-0.15, -0.1) is 11.3 Å². The second-order valence-electron chi connectivity index (χ2n) is 8.49. The number of amides is 2. The lowest BCUT2D eigenvalue weighted by atomic mass is 10.00. The van der Waals surface area contributed by atoms with E-state index in [0.29, 0.717) is 32.7 Å². The van der Waals surface area contributed by atoms with E-state index in [9.17, 15) is 9.59 Å². The fourth-order valence-electron chi connectivity index (χ4n) is 4.05. The third-order valence-electron chi connectivity index (χ3n) is 5.81. The average Bonchev–Trinajstić information content (AvgIpc) is 3.26. The van der Waals surface area contributed by atoms with Crippen molar-refractivity contribution in [3.63, 3.8) is 0 Å². The summed E-state index contributed by atoms with van der Waals surface area (Å²) in [4.78, 5) is 31.0. The minimum absolute atomic E-state index is 0.00426. The topological polar surface area (TPSA) is 59.1 Å². The molecule has 0 saturated heterocycles. The lowest BCUT2D eigenvalue weighted by Crippen LogP contribution is -2.48. The first-order chi connectivity index (χ1) is 15.4. The monoisotopic (exact) mass is 458 g/mol. The SMILES string of the molecule is COCCCN(CC(=O)N1CCc2sccc2[C@@H]1COc1ccccc1C)C(=O)C(C)C. The molecule has 1 aliphatic rings. The molecule has 1 atom stereocenters. The number of nitrogens with zero attached hydrogens (tertiary/aromatic N) is 2. The Labute approximate surface area is 195 Å². The van der Waals surface area contributed by atoms with E-state index >= 15 is 0 Å². The van der Waals surface area contributed by atoms with Crippen LogP contribution in [0.15, 0.2) is 35.7 Å². The van der Waals surface area contributed by atoms with Crippen molar-refractivity contribution in [2.75, 3.05) is 40.0 Å². The summed E-state index contributed by atoms with van der Waals surface area (Å²) in [6.45, 7) is 7.94. The van der Waals surface area contributed by atoms with E-state index in [1.165, 1.54) is 4.88 Å². The van der Waals surface area contributed by atoms with Crippen LogP contribution in [0.25, 0.3) is 0 Å². The molecule has 0 fully saturated rings. The normalized spacial score (nSPS) is 15.5. The first-order valence-corrected chi connectivity index (χ1v) is 12.1. The van der Waals surface area contributed by atoms with Crippen molar-refractivity contribution in [3.8, 4) is 5.75 Å². The van der Waals surface area contributed by atoms with Crippen LogP contribution in [0.2, 0.25) is 0 Å². The van der Waals surface area contributed by atoms with Crippen molar-refractivity contribution >= 4 is 23.2 Å². The predicted molar refractivity (Wildman–Crippen MR) is 127 cm³/mol. The number of hydrogen-bond acceptors (Lipinski definition) is 5. The molecule has 7 heteroatoms. The van der Waals surface area contributed by atoms with Crippen molar-refractivity contribution in [1.29, 1.82) is 0 Å². The maximum atomic E-state index is 13.4. The molecule has 2 heterocycles. The molecular weight excluding hydrogens is 424 g/mol. The second-order valence-corrected chi connectivity index (χ2v) is 9.49.